The summed E-state index contributed by atoms with van der Waals surface area (Å²) in [5.41, 5.74) is 6.34. The number of nitriles is 6. The smallest absolute Gasteiger partial charge is 0.102 e. The Morgan fingerprint density at radius 2 is 0.295 bits per heavy atom. The molecule has 396 valence electrons. The van der Waals surface area contributed by atoms with E-state index in [-0.39, 0.29) is 32.5 Å². The number of hydrogen-bond donors (Lipinski definition) is 0. The molecule has 0 aliphatic carbocycles. The molecule has 7 aromatic rings. The highest BCUT2D eigenvalue weighted by atomic mass is 32.1. The van der Waals surface area contributed by atoms with Gasteiger partial charge in [-0.1, -0.05) is 125 Å². The van der Waals surface area contributed by atoms with E-state index >= 15 is 0 Å². The lowest BCUT2D eigenvalue weighted by atomic mass is 9.86. The molecule has 7 rings (SSSR count). The lowest BCUT2D eigenvalue weighted by Gasteiger charge is -2.21. The van der Waals surface area contributed by atoms with Gasteiger partial charge in [-0.25, -0.2) is 0 Å². The van der Waals surface area contributed by atoms with Crippen molar-refractivity contribution in [3.63, 3.8) is 0 Å². The monoisotopic (exact) mass is 1130 g/mol. The Labute approximate surface area is 485 Å². The van der Waals surface area contributed by atoms with Gasteiger partial charge in [-0.05, 0) is 139 Å². The predicted molar refractivity (Wildman–Crippen MR) is 339 cm³/mol. The first kappa shape index (κ1) is 59.2. The van der Waals surface area contributed by atoms with Crippen LogP contribution in [0, 0.1) is 68.0 Å². The van der Waals surface area contributed by atoms with E-state index in [1.807, 2.05) is 0 Å². The van der Waals surface area contributed by atoms with Gasteiger partial charge in [0.2, 0.25) is 0 Å². The van der Waals surface area contributed by atoms with Crippen LogP contribution in [-0.4, -0.2) is 0 Å². The van der Waals surface area contributed by atoms with Crippen molar-refractivity contribution in [3.05, 3.63) is 140 Å². The Balaban J connectivity index is 1.97. The molecule has 1 aromatic heterocycles. The normalized spacial score (nSPS) is 12.2. The van der Waals surface area contributed by atoms with Gasteiger partial charge in [0.05, 0.1) is 33.4 Å². The van der Waals surface area contributed by atoms with Gasteiger partial charge in [0.1, 0.15) is 36.4 Å². The third kappa shape index (κ3) is 12.5. The second kappa shape index (κ2) is 21.7. The van der Waals surface area contributed by atoms with Crippen molar-refractivity contribution < 1.29 is 0 Å². The summed E-state index contributed by atoms with van der Waals surface area (Å²) in [7, 11) is 0. The molecule has 0 radical (unpaired) electrons. The van der Waals surface area contributed by atoms with Crippen molar-refractivity contribution in [1.29, 1.82) is 31.6 Å². The fourth-order valence-electron chi connectivity index (χ4n) is 8.48. The Kier molecular flexibility index (Phi) is 16.5. The maximum absolute atomic E-state index is 11.3. The molecule has 0 fully saturated rings. The number of fused-ring (bicyclic) bond motifs is 12. The molecule has 0 saturated carbocycles. The molecular formula is C66H66N6S6. The van der Waals surface area contributed by atoms with E-state index in [4.69, 9.17) is 0 Å². The Bertz CT molecular complexity index is 3350. The zero-order chi connectivity index (χ0) is 57.8. The molecule has 0 saturated heterocycles. The van der Waals surface area contributed by atoms with Crippen LogP contribution in [-0.2, 0) is 32.5 Å². The van der Waals surface area contributed by atoms with E-state index in [1.54, 1.807) is 0 Å². The standard InChI is InChI=1S/C66H66N6S6/c1-61(2,3)37-19-49-43(31-67)50(20-37)74-52-22-39(63(7,8)9)24-54(45(52)33-69)76-56-26-41(65(13,14)15)28-58(47(56)35-71)78-60-30-42(66(16,17)18)29-59(48(60)36-72)77-57-27-40(64(10,11)12)25-55(46(57)34-70)75-53-23-38(62(4,5)6)21-51(73-49)44(53)32-68/h19-30H,1-18H3. The number of rotatable bonds is 0. The molecule has 6 aromatic carbocycles. The van der Waals surface area contributed by atoms with E-state index in [9.17, 15) is 31.6 Å². The van der Waals surface area contributed by atoms with Crippen molar-refractivity contribution >= 4 is 124 Å². The Morgan fingerprint density at radius 1 is 0.205 bits per heavy atom. The van der Waals surface area contributed by atoms with Crippen molar-refractivity contribution in [3.8, 4) is 36.4 Å². The van der Waals surface area contributed by atoms with Crippen molar-refractivity contribution in [1.82, 2.24) is 0 Å². The second-order valence-corrected chi connectivity index (χ2v) is 32.4. The summed E-state index contributed by atoms with van der Waals surface area (Å²) < 4.78 is 8.16. The lowest BCUT2D eigenvalue weighted by molar-refractivity contribution is 0.591. The van der Waals surface area contributed by atoms with Gasteiger partial charge in [-0.3, -0.25) is 0 Å². The first-order valence-corrected chi connectivity index (χ1v) is 30.6. The quantitative estimate of drug-likeness (QED) is 0.148. The highest BCUT2D eigenvalue weighted by Crippen LogP contribution is 2.43. The molecule has 0 aliphatic heterocycles. The fraction of sp³-hybridized carbons (Fsp3) is 0.364. The highest BCUT2D eigenvalue weighted by Gasteiger charge is 2.24. The van der Waals surface area contributed by atoms with Crippen molar-refractivity contribution in [2.24, 2.45) is 0 Å². The molecule has 0 atom stereocenters. The molecule has 1 heterocycles. The van der Waals surface area contributed by atoms with Gasteiger partial charge >= 0.3 is 0 Å². The van der Waals surface area contributed by atoms with Gasteiger partial charge < -0.3 is 0 Å². The molecule has 0 aliphatic rings. The van der Waals surface area contributed by atoms with E-state index in [0.717, 1.165) is 33.4 Å². The third-order valence-corrected chi connectivity index (χ3v) is 20.1. The Hall–Kier alpha value is -6.42. The molecule has 78 heavy (non-hydrogen) atoms. The van der Waals surface area contributed by atoms with E-state index in [0.29, 0.717) is 89.8 Å². The Morgan fingerprint density at radius 3 is 0.359 bits per heavy atom. The number of hydrogen-bond acceptors (Lipinski definition) is 12. The SMILES string of the molecule is CC(C)(C)c1cc2sc3cc(C(C)(C)C)cc(sc4cc(C(C)(C)C)cc(sc5cc(C(C)(C)C)cc(sc6cc(C(C)(C)C)cc(sc7cc(C(C)(C)C)cc(sc(c1)c2C#N)c7C#N)c6C#N)c5C#N)c4C#N)c3C#N. The zero-order valence-electron chi connectivity index (χ0n) is 48.1. The average Bonchev–Trinajstić information content (AvgIpc) is 3.32. The predicted octanol–water partition coefficient (Wildman–Crippen LogP) is 21.0. The first-order valence-electron chi connectivity index (χ1n) is 25.7. The molecule has 0 unspecified atom stereocenters. The topological polar surface area (TPSA) is 143 Å². The maximum atomic E-state index is 11.3. The summed E-state index contributed by atoms with van der Waals surface area (Å²) in [6, 6.07) is 40.2. The van der Waals surface area contributed by atoms with Gasteiger partial charge in [-0.2, -0.15) is 31.6 Å². The molecule has 12 bridgehead atoms. The minimum absolute atomic E-state index is 0.356. The maximum Gasteiger partial charge on any atom is 0.102 e. The number of nitrogens with zero attached hydrogens (tertiary/aromatic N) is 6. The minimum atomic E-state index is -0.356. The van der Waals surface area contributed by atoms with E-state index < -0.39 is 0 Å². The molecule has 0 amide bonds. The van der Waals surface area contributed by atoms with Crippen LogP contribution in [0.5, 0.6) is 0 Å². The van der Waals surface area contributed by atoms with Crippen LogP contribution < -0.4 is 0 Å². The summed E-state index contributed by atoms with van der Waals surface area (Å²) in [6.07, 6.45) is 0. The highest BCUT2D eigenvalue weighted by molar-refractivity contribution is 7.28. The van der Waals surface area contributed by atoms with Crippen LogP contribution in [0.25, 0.3) is 56.4 Å². The van der Waals surface area contributed by atoms with Gasteiger partial charge in [-0.15, -0.1) is 68.0 Å². The molecule has 12 heteroatoms. The number of benzene rings is 6. The van der Waals surface area contributed by atoms with Crippen molar-refractivity contribution in [2.45, 2.75) is 157 Å². The van der Waals surface area contributed by atoms with Crippen LogP contribution in [0.4, 0.5) is 0 Å². The summed E-state index contributed by atoms with van der Waals surface area (Å²) in [6.45, 7) is 38.5. The van der Waals surface area contributed by atoms with Crippen LogP contribution in [0.3, 0.4) is 0 Å². The van der Waals surface area contributed by atoms with Crippen molar-refractivity contribution in [2.75, 3.05) is 0 Å². The lowest BCUT2D eigenvalue weighted by Crippen LogP contribution is -2.11. The van der Waals surface area contributed by atoms with Crippen LogP contribution in [0.15, 0.2) is 72.8 Å². The third-order valence-electron chi connectivity index (χ3n) is 13.6. The summed E-state index contributed by atoms with van der Waals surface area (Å²) in [4.78, 5) is 0. The molecule has 0 spiro atoms. The zero-order valence-corrected chi connectivity index (χ0v) is 53.0. The van der Waals surface area contributed by atoms with Crippen LogP contribution >= 0.6 is 68.0 Å². The van der Waals surface area contributed by atoms with E-state index in [2.05, 4.69) is 234 Å². The summed E-state index contributed by atoms with van der Waals surface area (Å²) in [5.74, 6) is 0. The molecular weight excluding hydrogens is 1070 g/mol. The van der Waals surface area contributed by atoms with Gasteiger partial charge in [0.25, 0.3) is 0 Å². The van der Waals surface area contributed by atoms with E-state index in [1.165, 1.54) is 68.0 Å². The second-order valence-electron chi connectivity index (χ2n) is 25.9. The summed E-state index contributed by atoms with van der Waals surface area (Å²) in [5, 5.41) is 68.0. The fourth-order valence-corrected chi connectivity index (χ4v) is 15.6. The largest absolute Gasteiger partial charge is 0.192 e. The van der Waals surface area contributed by atoms with Gasteiger partial charge in [0.15, 0.2) is 0 Å². The first-order chi connectivity index (χ1) is 36.1. The average molecular weight is 1140 g/mol. The molecule has 0 N–H and O–H groups in total. The minimum Gasteiger partial charge on any atom is -0.192 e. The van der Waals surface area contributed by atoms with Gasteiger partial charge in [0, 0.05) is 56.4 Å². The molecule has 6 nitrogen and oxygen atoms in total. The summed E-state index contributed by atoms with van der Waals surface area (Å²) >= 11 is 8.36. The van der Waals surface area contributed by atoms with Crippen LogP contribution in [0.2, 0.25) is 0 Å². The van der Waals surface area contributed by atoms with Crippen LogP contribution in [0.1, 0.15) is 191 Å².